The summed E-state index contributed by atoms with van der Waals surface area (Å²) < 4.78 is 0. The van der Waals surface area contributed by atoms with Gasteiger partial charge >= 0.3 is 0 Å². The van der Waals surface area contributed by atoms with E-state index in [1.165, 1.54) is 38.5 Å². The van der Waals surface area contributed by atoms with Gasteiger partial charge in [-0.15, -0.1) is 0 Å². The van der Waals surface area contributed by atoms with Crippen molar-refractivity contribution in [1.29, 1.82) is 0 Å². The van der Waals surface area contributed by atoms with Crippen molar-refractivity contribution in [2.75, 3.05) is 0 Å². The lowest BCUT2D eigenvalue weighted by Gasteiger charge is -2.35. The zero-order valence-electron chi connectivity index (χ0n) is 11.9. The van der Waals surface area contributed by atoms with Gasteiger partial charge in [-0.1, -0.05) is 73.6 Å². The summed E-state index contributed by atoms with van der Waals surface area (Å²) in [6.45, 7) is 14.3. The van der Waals surface area contributed by atoms with Gasteiger partial charge in [0.1, 0.15) is 0 Å². The highest BCUT2D eigenvalue weighted by molar-refractivity contribution is 4.78. The van der Waals surface area contributed by atoms with E-state index in [-0.39, 0.29) is 0 Å². The maximum Gasteiger partial charge on any atom is -0.0303 e. The van der Waals surface area contributed by atoms with E-state index in [1.807, 2.05) is 0 Å². The zero-order chi connectivity index (χ0) is 11.9. The standard InChI is InChI=1S/C15H32/c1-7-12-15(6,8-2)14(5)11-9-10-13(3)4/h13-14H,7-12H2,1-6H3. The van der Waals surface area contributed by atoms with Crippen molar-refractivity contribution in [3.05, 3.63) is 0 Å². The third-order valence-electron chi connectivity index (χ3n) is 4.24. The molecule has 0 aromatic heterocycles. The summed E-state index contributed by atoms with van der Waals surface area (Å²) in [6, 6.07) is 0. The Bertz CT molecular complexity index is 148. The normalized spacial score (nSPS) is 17.8. The van der Waals surface area contributed by atoms with Gasteiger partial charge in [-0.25, -0.2) is 0 Å². The minimum Gasteiger partial charge on any atom is -0.0654 e. The molecule has 0 aromatic carbocycles. The first-order valence-electron chi connectivity index (χ1n) is 6.96. The maximum absolute atomic E-state index is 2.48. The fraction of sp³-hybridized carbons (Fsp3) is 1.00. The summed E-state index contributed by atoms with van der Waals surface area (Å²) in [7, 11) is 0. The molecule has 0 aliphatic carbocycles. The summed E-state index contributed by atoms with van der Waals surface area (Å²) in [5.41, 5.74) is 0.589. The van der Waals surface area contributed by atoms with Crippen molar-refractivity contribution in [2.45, 2.75) is 80.1 Å². The lowest BCUT2D eigenvalue weighted by molar-refractivity contribution is 0.159. The fourth-order valence-electron chi connectivity index (χ4n) is 2.52. The van der Waals surface area contributed by atoms with Crippen LogP contribution in [-0.2, 0) is 0 Å². The average molecular weight is 212 g/mol. The van der Waals surface area contributed by atoms with Crippen LogP contribution in [0.1, 0.15) is 80.1 Å². The second-order valence-electron chi connectivity index (χ2n) is 5.98. The van der Waals surface area contributed by atoms with Crippen LogP contribution in [-0.4, -0.2) is 0 Å². The quantitative estimate of drug-likeness (QED) is 0.486. The molecule has 0 rings (SSSR count). The van der Waals surface area contributed by atoms with Gasteiger partial charge in [-0.2, -0.15) is 0 Å². The monoisotopic (exact) mass is 212 g/mol. The SMILES string of the molecule is CCCC(C)(CC)C(C)CCCC(C)C. The van der Waals surface area contributed by atoms with E-state index in [1.54, 1.807) is 0 Å². The van der Waals surface area contributed by atoms with E-state index in [4.69, 9.17) is 0 Å². The predicted molar refractivity (Wildman–Crippen MR) is 71.2 cm³/mol. The van der Waals surface area contributed by atoms with Gasteiger partial charge in [0.15, 0.2) is 0 Å². The Labute approximate surface area is 97.8 Å². The molecule has 0 saturated carbocycles. The lowest BCUT2D eigenvalue weighted by atomic mass is 9.71. The zero-order valence-corrected chi connectivity index (χ0v) is 11.9. The van der Waals surface area contributed by atoms with Crippen LogP contribution in [0.2, 0.25) is 0 Å². The Morgan fingerprint density at radius 2 is 1.60 bits per heavy atom. The number of hydrogen-bond acceptors (Lipinski definition) is 0. The largest absolute Gasteiger partial charge is 0.0654 e. The summed E-state index contributed by atoms with van der Waals surface area (Å²) in [5, 5.41) is 0. The molecule has 0 amide bonds. The molecule has 0 aromatic rings. The van der Waals surface area contributed by atoms with Gasteiger partial charge in [0.05, 0.1) is 0 Å². The molecule has 15 heavy (non-hydrogen) atoms. The Kier molecular flexibility index (Phi) is 7.30. The molecule has 0 radical (unpaired) electrons. The van der Waals surface area contributed by atoms with Crippen molar-refractivity contribution in [1.82, 2.24) is 0 Å². The first-order chi connectivity index (χ1) is 6.96. The van der Waals surface area contributed by atoms with Crippen LogP contribution in [0.3, 0.4) is 0 Å². The fourth-order valence-corrected chi connectivity index (χ4v) is 2.52. The third kappa shape index (κ3) is 5.58. The number of hydrogen-bond donors (Lipinski definition) is 0. The Balaban J connectivity index is 3.98. The minimum atomic E-state index is 0.589. The van der Waals surface area contributed by atoms with Crippen LogP contribution in [0.25, 0.3) is 0 Å². The smallest absolute Gasteiger partial charge is 0.0303 e. The topological polar surface area (TPSA) is 0 Å². The molecule has 2 unspecified atom stereocenters. The summed E-state index contributed by atoms with van der Waals surface area (Å²) >= 11 is 0. The van der Waals surface area contributed by atoms with E-state index in [9.17, 15) is 0 Å². The molecule has 0 nitrogen and oxygen atoms in total. The van der Waals surface area contributed by atoms with Gasteiger partial charge in [0.2, 0.25) is 0 Å². The highest BCUT2D eigenvalue weighted by Crippen LogP contribution is 2.38. The molecule has 0 fully saturated rings. The van der Waals surface area contributed by atoms with Crippen molar-refractivity contribution in [3.8, 4) is 0 Å². The Morgan fingerprint density at radius 3 is 2.00 bits per heavy atom. The molecule has 2 atom stereocenters. The van der Waals surface area contributed by atoms with Crippen LogP contribution in [0.5, 0.6) is 0 Å². The number of rotatable bonds is 8. The molecule has 0 aliphatic rings. The molecular formula is C15H32. The van der Waals surface area contributed by atoms with Crippen molar-refractivity contribution >= 4 is 0 Å². The summed E-state index contributed by atoms with van der Waals surface area (Å²) in [4.78, 5) is 0. The van der Waals surface area contributed by atoms with E-state index in [2.05, 4.69) is 41.5 Å². The van der Waals surface area contributed by atoms with E-state index >= 15 is 0 Å². The third-order valence-corrected chi connectivity index (χ3v) is 4.24. The van der Waals surface area contributed by atoms with Gasteiger partial charge in [0.25, 0.3) is 0 Å². The minimum absolute atomic E-state index is 0.589. The lowest BCUT2D eigenvalue weighted by Crippen LogP contribution is -2.24. The van der Waals surface area contributed by atoms with E-state index in [0.29, 0.717) is 5.41 Å². The van der Waals surface area contributed by atoms with Crippen LogP contribution in [0.4, 0.5) is 0 Å². The van der Waals surface area contributed by atoms with Crippen LogP contribution < -0.4 is 0 Å². The molecule has 0 aliphatic heterocycles. The second kappa shape index (κ2) is 7.30. The van der Waals surface area contributed by atoms with Gasteiger partial charge in [-0.3, -0.25) is 0 Å². The second-order valence-corrected chi connectivity index (χ2v) is 5.98. The highest BCUT2D eigenvalue weighted by atomic mass is 14.3. The van der Waals surface area contributed by atoms with Crippen molar-refractivity contribution in [3.63, 3.8) is 0 Å². The maximum atomic E-state index is 2.48. The van der Waals surface area contributed by atoms with Crippen molar-refractivity contribution in [2.24, 2.45) is 17.3 Å². The molecular weight excluding hydrogens is 180 g/mol. The molecule has 0 bridgehead atoms. The molecule has 0 spiro atoms. The van der Waals surface area contributed by atoms with E-state index in [0.717, 1.165) is 11.8 Å². The Hall–Kier alpha value is 0. The predicted octanol–water partition coefficient (Wildman–Crippen LogP) is 5.67. The van der Waals surface area contributed by atoms with Gasteiger partial charge < -0.3 is 0 Å². The van der Waals surface area contributed by atoms with E-state index < -0.39 is 0 Å². The first-order valence-corrected chi connectivity index (χ1v) is 6.96. The van der Waals surface area contributed by atoms with Crippen LogP contribution >= 0.6 is 0 Å². The molecule has 0 N–H and O–H groups in total. The summed E-state index contributed by atoms with van der Waals surface area (Å²) in [6.07, 6.45) is 8.30. The van der Waals surface area contributed by atoms with Crippen molar-refractivity contribution < 1.29 is 0 Å². The average Bonchev–Trinajstić information content (AvgIpc) is 2.17. The Morgan fingerprint density at radius 1 is 1.00 bits per heavy atom. The molecule has 0 saturated heterocycles. The molecule has 92 valence electrons. The molecule has 0 heterocycles. The first kappa shape index (κ1) is 15.0. The summed E-state index contributed by atoms with van der Waals surface area (Å²) in [5.74, 6) is 1.76. The molecule has 0 heteroatoms. The van der Waals surface area contributed by atoms with Gasteiger partial charge in [-0.05, 0) is 23.7 Å². The van der Waals surface area contributed by atoms with Crippen LogP contribution in [0, 0.1) is 17.3 Å². The van der Waals surface area contributed by atoms with Gasteiger partial charge in [0, 0.05) is 0 Å². The van der Waals surface area contributed by atoms with Crippen LogP contribution in [0.15, 0.2) is 0 Å². The highest BCUT2D eigenvalue weighted by Gasteiger charge is 2.27.